The van der Waals surface area contributed by atoms with Crippen LogP contribution in [0.1, 0.15) is 12.8 Å². The van der Waals surface area contributed by atoms with E-state index in [1.54, 1.807) is 18.2 Å². The molecule has 2 heterocycles. The number of benzene rings is 2. The van der Waals surface area contributed by atoms with Crippen LogP contribution in [0.2, 0.25) is 15.1 Å². The SMILES string of the molecule is O=C(Nc1cc(Cl)cc(Cl)c1)C1CCN(c2ccc(-c3ccc(Cl)cc3)nn2)CC1. The predicted molar refractivity (Wildman–Crippen MR) is 123 cm³/mol. The number of amides is 1. The Hall–Kier alpha value is -2.34. The molecule has 154 valence electrons. The summed E-state index contributed by atoms with van der Waals surface area (Å²) in [5.74, 6) is 0.727. The van der Waals surface area contributed by atoms with Crippen LogP contribution in [0.25, 0.3) is 11.3 Å². The van der Waals surface area contributed by atoms with Crippen molar-refractivity contribution in [3.8, 4) is 11.3 Å². The van der Waals surface area contributed by atoms with Gasteiger partial charge in [-0.1, -0.05) is 46.9 Å². The molecule has 0 saturated carbocycles. The van der Waals surface area contributed by atoms with E-state index in [9.17, 15) is 4.79 Å². The van der Waals surface area contributed by atoms with E-state index in [1.807, 2.05) is 36.4 Å². The Morgan fingerprint density at radius 3 is 2.13 bits per heavy atom. The van der Waals surface area contributed by atoms with Crippen LogP contribution in [-0.4, -0.2) is 29.2 Å². The summed E-state index contributed by atoms with van der Waals surface area (Å²) in [5.41, 5.74) is 2.38. The highest BCUT2D eigenvalue weighted by molar-refractivity contribution is 6.35. The number of hydrogen-bond donors (Lipinski definition) is 1. The minimum absolute atomic E-state index is 0.0165. The van der Waals surface area contributed by atoms with Gasteiger partial charge in [-0.3, -0.25) is 4.79 Å². The van der Waals surface area contributed by atoms with Gasteiger partial charge in [0.25, 0.3) is 0 Å². The highest BCUT2D eigenvalue weighted by Crippen LogP contribution is 2.27. The minimum atomic E-state index is -0.0692. The van der Waals surface area contributed by atoms with Gasteiger partial charge in [-0.2, -0.15) is 0 Å². The van der Waals surface area contributed by atoms with Gasteiger partial charge in [0.15, 0.2) is 5.82 Å². The summed E-state index contributed by atoms with van der Waals surface area (Å²) < 4.78 is 0. The van der Waals surface area contributed by atoms with Crippen LogP contribution in [0.4, 0.5) is 11.5 Å². The van der Waals surface area contributed by atoms with Crippen LogP contribution in [0, 0.1) is 5.92 Å². The third kappa shape index (κ3) is 5.04. The van der Waals surface area contributed by atoms with Crippen LogP contribution in [0.15, 0.2) is 54.6 Å². The molecule has 4 rings (SSSR count). The summed E-state index contributed by atoms with van der Waals surface area (Å²) in [6.45, 7) is 1.48. The number of carbonyl (C=O) groups is 1. The fourth-order valence-electron chi connectivity index (χ4n) is 3.51. The number of nitrogens with zero attached hydrogens (tertiary/aromatic N) is 3. The highest BCUT2D eigenvalue weighted by Gasteiger charge is 2.26. The first-order valence-corrected chi connectivity index (χ1v) is 10.7. The monoisotopic (exact) mass is 460 g/mol. The fraction of sp³-hybridized carbons (Fsp3) is 0.227. The van der Waals surface area contributed by atoms with E-state index in [1.165, 1.54) is 0 Å². The average Bonchev–Trinajstić information content (AvgIpc) is 2.74. The van der Waals surface area contributed by atoms with Crippen molar-refractivity contribution in [3.05, 3.63) is 69.7 Å². The summed E-state index contributed by atoms with van der Waals surface area (Å²) in [4.78, 5) is 14.8. The molecule has 0 radical (unpaired) electrons. The lowest BCUT2D eigenvalue weighted by atomic mass is 9.96. The number of halogens is 3. The Morgan fingerprint density at radius 2 is 1.53 bits per heavy atom. The second kappa shape index (κ2) is 9.21. The Balaban J connectivity index is 1.34. The fourth-order valence-corrected chi connectivity index (χ4v) is 4.16. The van der Waals surface area contributed by atoms with Crippen LogP contribution in [-0.2, 0) is 4.79 Å². The number of hydrogen-bond acceptors (Lipinski definition) is 4. The van der Waals surface area contributed by atoms with E-state index in [0.29, 0.717) is 20.8 Å². The first kappa shape index (κ1) is 20.9. The zero-order valence-corrected chi connectivity index (χ0v) is 18.3. The van der Waals surface area contributed by atoms with Gasteiger partial charge >= 0.3 is 0 Å². The van der Waals surface area contributed by atoms with Crippen molar-refractivity contribution in [2.45, 2.75) is 12.8 Å². The molecule has 8 heteroatoms. The van der Waals surface area contributed by atoms with E-state index in [-0.39, 0.29) is 11.8 Å². The normalized spacial score (nSPS) is 14.6. The summed E-state index contributed by atoms with van der Waals surface area (Å²) in [7, 11) is 0. The molecule has 30 heavy (non-hydrogen) atoms. The smallest absolute Gasteiger partial charge is 0.227 e. The first-order chi connectivity index (χ1) is 14.5. The molecule has 2 aromatic carbocycles. The van der Waals surface area contributed by atoms with Gasteiger partial charge in [0, 0.05) is 45.3 Å². The molecule has 1 aliphatic rings. The molecule has 1 N–H and O–H groups in total. The van der Waals surface area contributed by atoms with Crippen molar-refractivity contribution >= 4 is 52.2 Å². The van der Waals surface area contributed by atoms with Crippen LogP contribution in [0.5, 0.6) is 0 Å². The second-order valence-corrected chi connectivity index (χ2v) is 8.50. The zero-order valence-electron chi connectivity index (χ0n) is 16.0. The van der Waals surface area contributed by atoms with E-state index in [4.69, 9.17) is 34.8 Å². The lowest BCUT2D eigenvalue weighted by molar-refractivity contribution is -0.120. The van der Waals surface area contributed by atoms with Crippen molar-refractivity contribution in [2.24, 2.45) is 5.92 Å². The molecule has 1 aromatic heterocycles. The van der Waals surface area contributed by atoms with Crippen molar-refractivity contribution < 1.29 is 4.79 Å². The van der Waals surface area contributed by atoms with Crippen LogP contribution >= 0.6 is 34.8 Å². The quantitative estimate of drug-likeness (QED) is 0.521. The van der Waals surface area contributed by atoms with Gasteiger partial charge in [0.1, 0.15) is 0 Å². The summed E-state index contributed by atoms with van der Waals surface area (Å²) in [5, 5.41) is 13.3. The Bertz CT molecular complexity index is 1010. The number of anilines is 2. The van der Waals surface area contributed by atoms with E-state index < -0.39 is 0 Å². The molecule has 3 aromatic rings. The third-order valence-electron chi connectivity index (χ3n) is 5.11. The van der Waals surface area contributed by atoms with Crippen LogP contribution in [0.3, 0.4) is 0 Å². The molecule has 0 spiro atoms. The molecule has 0 atom stereocenters. The lowest BCUT2D eigenvalue weighted by Crippen LogP contribution is -2.38. The molecule has 5 nitrogen and oxygen atoms in total. The van der Waals surface area contributed by atoms with Crippen molar-refractivity contribution in [2.75, 3.05) is 23.3 Å². The van der Waals surface area contributed by atoms with E-state index >= 15 is 0 Å². The maximum atomic E-state index is 12.6. The van der Waals surface area contributed by atoms with Crippen LogP contribution < -0.4 is 10.2 Å². The summed E-state index contributed by atoms with van der Waals surface area (Å²) >= 11 is 17.9. The second-order valence-electron chi connectivity index (χ2n) is 7.19. The number of nitrogens with one attached hydrogen (secondary N) is 1. The number of rotatable bonds is 4. The number of piperidine rings is 1. The van der Waals surface area contributed by atoms with Gasteiger partial charge in [0.05, 0.1) is 5.69 Å². The van der Waals surface area contributed by atoms with Crippen molar-refractivity contribution in [1.29, 1.82) is 0 Å². The molecule has 1 aliphatic heterocycles. The Labute approximate surface area is 190 Å². The number of aromatic nitrogens is 2. The van der Waals surface area contributed by atoms with Gasteiger partial charge in [0.2, 0.25) is 5.91 Å². The average molecular weight is 462 g/mol. The highest BCUT2D eigenvalue weighted by atomic mass is 35.5. The molecular weight excluding hydrogens is 443 g/mol. The molecule has 0 unspecified atom stereocenters. The lowest BCUT2D eigenvalue weighted by Gasteiger charge is -2.31. The van der Waals surface area contributed by atoms with Gasteiger partial charge in [-0.05, 0) is 55.3 Å². The third-order valence-corrected chi connectivity index (χ3v) is 5.80. The number of carbonyl (C=O) groups excluding carboxylic acids is 1. The summed E-state index contributed by atoms with van der Waals surface area (Å²) in [6.07, 6.45) is 1.47. The Morgan fingerprint density at radius 1 is 0.867 bits per heavy atom. The molecular formula is C22H19Cl3N4O. The minimum Gasteiger partial charge on any atom is -0.355 e. The van der Waals surface area contributed by atoms with E-state index in [2.05, 4.69) is 20.4 Å². The predicted octanol–water partition coefficient (Wildman–Crippen LogP) is 5.96. The topological polar surface area (TPSA) is 58.1 Å². The maximum Gasteiger partial charge on any atom is 0.227 e. The first-order valence-electron chi connectivity index (χ1n) is 9.59. The standard InChI is InChI=1S/C22H19Cl3N4O/c23-16-3-1-14(2-4-16)20-5-6-21(28-27-20)29-9-7-15(8-10-29)22(30)26-19-12-17(24)11-18(25)13-19/h1-6,11-13,15H,7-10H2,(H,26,30). The molecule has 1 amide bonds. The van der Waals surface area contributed by atoms with Gasteiger partial charge in [-0.15, -0.1) is 10.2 Å². The molecule has 0 aliphatic carbocycles. The molecule has 1 fully saturated rings. The largest absolute Gasteiger partial charge is 0.355 e. The zero-order chi connectivity index (χ0) is 21.1. The van der Waals surface area contributed by atoms with Gasteiger partial charge < -0.3 is 10.2 Å². The van der Waals surface area contributed by atoms with Gasteiger partial charge in [-0.25, -0.2) is 0 Å². The van der Waals surface area contributed by atoms with Crippen molar-refractivity contribution in [1.82, 2.24) is 10.2 Å². The van der Waals surface area contributed by atoms with Crippen molar-refractivity contribution in [3.63, 3.8) is 0 Å². The molecule has 0 bridgehead atoms. The van der Waals surface area contributed by atoms with E-state index in [0.717, 1.165) is 43.0 Å². The maximum absolute atomic E-state index is 12.6. The summed E-state index contributed by atoms with van der Waals surface area (Å²) in [6, 6.07) is 16.4. The Kier molecular flexibility index (Phi) is 6.42. The molecule has 1 saturated heterocycles.